The number of rotatable bonds is 2. The predicted molar refractivity (Wildman–Crippen MR) is 63.0 cm³/mol. The van der Waals surface area contributed by atoms with Crippen LogP contribution in [0.1, 0.15) is 0 Å². The molecular formula is C10H7Cl2N3O. The van der Waals surface area contributed by atoms with Crippen molar-refractivity contribution in [3.63, 3.8) is 0 Å². The van der Waals surface area contributed by atoms with Gasteiger partial charge in [0.25, 0.3) is 0 Å². The number of hydrogen-bond donors (Lipinski definition) is 1. The van der Waals surface area contributed by atoms with Gasteiger partial charge in [0.05, 0.1) is 0 Å². The normalized spacial score (nSPS) is 10.1. The first-order valence-corrected chi connectivity index (χ1v) is 5.12. The maximum atomic E-state index is 5.81. The third-order valence-corrected chi connectivity index (χ3v) is 2.35. The number of nitrogens with two attached hydrogens (primary N) is 1. The van der Waals surface area contributed by atoms with Crippen molar-refractivity contribution < 1.29 is 4.74 Å². The van der Waals surface area contributed by atoms with Gasteiger partial charge in [-0.15, -0.1) is 0 Å². The Kier molecular flexibility index (Phi) is 3.12. The molecule has 2 aromatic rings. The average molecular weight is 256 g/mol. The van der Waals surface area contributed by atoms with E-state index in [1.807, 2.05) is 0 Å². The molecule has 0 saturated carbocycles. The molecule has 1 aromatic heterocycles. The van der Waals surface area contributed by atoms with Crippen LogP contribution in [0.3, 0.4) is 0 Å². The molecule has 0 radical (unpaired) electrons. The van der Waals surface area contributed by atoms with Crippen LogP contribution in [0, 0.1) is 0 Å². The van der Waals surface area contributed by atoms with Crippen LogP contribution in [-0.4, -0.2) is 9.97 Å². The molecule has 2 rings (SSSR count). The molecule has 2 N–H and O–H groups in total. The first kappa shape index (κ1) is 11.0. The number of nitrogens with zero attached hydrogens (tertiary/aromatic N) is 2. The SMILES string of the molecule is Nc1c(Cl)ncnc1Oc1cccc(Cl)c1. The number of anilines is 1. The van der Waals surface area contributed by atoms with E-state index in [1.165, 1.54) is 6.33 Å². The Bertz CT molecular complexity index is 519. The summed E-state index contributed by atoms with van der Waals surface area (Å²) < 4.78 is 5.43. The minimum absolute atomic E-state index is 0.159. The molecule has 6 heteroatoms. The summed E-state index contributed by atoms with van der Waals surface area (Å²) in [5.74, 6) is 0.747. The second-order valence-electron chi connectivity index (χ2n) is 2.94. The summed E-state index contributed by atoms with van der Waals surface area (Å²) in [7, 11) is 0. The number of halogens is 2. The summed E-state index contributed by atoms with van der Waals surface area (Å²) in [6.07, 6.45) is 1.28. The highest BCUT2D eigenvalue weighted by atomic mass is 35.5. The summed E-state index contributed by atoms with van der Waals surface area (Å²) in [4.78, 5) is 7.60. The molecule has 0 amide bonds. The lowest BCUT2D eigenvalue weighted by atomic mass is 10.3. The molecule has 1 heterocycles. The third kappa shape index (κ3) is 2.35. The minimum Gasteiger partial charge on any atom is -0.437 e. The van der Waals surface area contributed by atoms with Crippen molar-refractivity contribution in [3.8, 4) is 11.6 Å². The Morgan fingerprint density at radius 1 is 1.19 bits per heavy atom. The maximum Gasteiger partial charge on any atom is 0.247 e. The van der Waals surface area contributed by atoms with Gasteiger partial charge in [-0.05, 0) is 18.2 Å². The van der Waals surface area contributed by atoms with Crippen molar-refractivity contribution in [3.05, 3.63) is 40.8 Å². The van der Waals surface area contributed by atoms with Crippen LogP contribution in [0.15, 0.2) is 30.6 Å². The maximum absolute atomic E-state index is 5.81. The molecule has 0 bridgehead atoms. The molecule has 0 spiro atoms. The summed E-state index contributed by atoms with van der Waals surface area (Å²) in [5.41, 5.74) is 5.85. The molecule has 0 aliphatic carbocycles. The van der Waals surface area contributed by atoms with E-state index in [0.717, 1.165) is 0 Å². The smallest absolute Gasteiger partial charge is 0.247 e. The summed E-state index contributed by atoms with van der Waals surface area (Å²) >= 11 is 11.5. The standard InChI is InChI=1S/C10H7Cl2N3O/c11-6-2-1-3-7(4-6)16-10-8(13)9(12)14-5-15-10/h1-5H,13H2. The van der Waals surface area contributed by atoms with Crippen LogP contribution >= 0.6 is 23.2 Å². The van der Waals surface area contributed by atoms with E-state index in [0.29, 0.717) is 10.8 Å². The van der Waals surface area contributed by atoms with Gasteiger partial charge in [-0.2, -0.15) is 4.98 Å². The molecule has 4 nitrogen and oxygen atoms in total. The van der Waals surface area contributed by atoms with Crippen molar-refractivity contribution in [2.24, 2.45) is 0 Å². The van der Waals surface area contributed by atoms with Gasteiger partial charge in [0.2, 0.25) is 5.88 Å². The minimum atomic E-state index is 0.159. The quantitative estimate of drug-likeness (QED) is 0.838. The highest BCUT2D eigenvalue weighted by Gasteiger charge is 2.08. The van der Waals surface area contributed by atoms with Crippen molar-refractivity contribution in [1.82, 2.24) is 9.97 Å². The zero-order chi connectivity index (χ0) is 11.5. The molecule has 0 unspecified atom stereocenters. The Labute approximate surface area is 102 Å². The van der Waals surface area contributed by atoms with E-state index in [2.05, 4.69) is 9.97 Å². The monoisotopic (exact) mass is 255 g/mol. The predicted octanol–water partition coefficient (Wildman–Crippen LogP) is 3.16. The first-order chi connectivity index (χ1) is 7.66. The molecule has 0 fully saturated rings. The number of ether oxygens (including phenoxy) is 1. The molecule has 0 saturated heterocycles. The number of aromatic nitrogens is 2. The van der Waals surface area contributed by atoms with Gasteiger partial charge in [0.1, 0.15) is 17.8 Å². The molecule has 0 aliphatic heterocycles. The number of hydrogen-bond acceptors (Lipinski definition) is 4. The Balaban J connectivity index is 2.31. The van der Waals surface area contributed by atoms with E-state index in [1.54, 1.807) is 24.3 Å². The largest absolute Gasteiger partial charge is 0.437 e. The second-order valence-corrected chi connectivity index (χ2v) is 3.74. The van der Waals surface area contributed by atoms with Crippen LogP contribution in [0.25, 0.3) is 0 Å². The number of benzene rings is 1. The van der Waals surface area contributed by atoms with Crippen LogP contribution in [0.5, 0.6) is 11.6 Å². The molecule has 16 heavy (non-hydrogen) atoms. The fourth-order valence-corrected chi connectivity index (χ4v) is 1.39. The fraction of sp³-hybridized carbons (Fsp3) is 0. The Morgan fingerprint density at radius 2 is 2.00 bits per heavy atom. The van der Waals surface area contributed by atoms with E-state index in [-0.39, 0.29) is 16.7 Å². The van der Waals surface area contributed by atoms with Gasteiger partial charge in [-0.1, -0.05) is 29.3 Å². The van der Waals surface area contributed by atoms with Gasteiger partial charge in [0, 0.05) is 5.02 Å². The first-order valence-electron chi connectivity index (χ1n) is 4.36. The van der Waals surface area contributed by atoms with Gasteiger partial charge in [0.15, 0.2) is 5.15 Å². The molecule has 0 aliphatic rings. The third-order valence-electron chi connectivity index (χ3n) is 1.81. The summed E-state index contributed by atoms with van der Waals surface area (Å²) in [5, 5.41) is 0.725. The summed E-state index contributed by atoms with van der Waals surface area (Å²) in [6.45, 7) is 0. The van der Waals surface area contributed by atoms with Crippen molar-refractivity contribution in [2.75, 3.05) is 5.73 Å². The van der Waals surface area contributed by atoms with E-state index < -0.39 is 0 Å². The lowest BCUT2D eigenvalue weighted by Gasteiger charge is -2.07. The van der Waals surface area contributed by atoms with Crippen molar-refractivity contribution in [2.45, 2.75) is 0 Å². The van der Waals surface area contributed by atoms with Crippen LogP contribution < -0.4 is 10.5 Å². The molecule has 82 valence electrons. The van der Waals surface area contributed by atoms with Crippen LogP contribution in [-0.2, 0) is 0 Å². The zero-order valence-electron chi connectivity index (χ0n) is 8.02. The Morgan fingerprint density at radius 3 is 2.75 bits per heavy atom. The fourth-order valence-electron chi connectivity index (χ4n) is 1.08. The molecular weight excluding hydrogens is 249 g/mol. The Hall–Kier alpha value is -1.52. The zero-order valence-corrected chi connectivity index (χ0v) is 9.53. The molecule has 0 atom stereocenters. The summed E-state index contributed by atoms with van der Waals surface area (Å²) in [6, 6.07) is 6.89. The average Bonchev–Trinajstić information content (AvgIpc) is 2.25. The van der Waals surface area contributed by atoms with Crippen LogP contribution in [0.4, 0.5) is 5.69 Å². The topological polar surface area (TPSA) is 61.0 Å². The lowest BCUT2D eigenvalue weighted by molar-refractivity contribution is 0.464. The lowest BCUT2D eigenvalue weighted by Crippen LogP contribution is -1.97. The molecule has 1 aromatic carbocycles. The number of nitrogen functional groups attached to an aromatic ring is 1. The van der Waals surface area contributed by atoms with Crippen molar-refractivity contribution >= 4 is 28.9 Å². The van der Waals surface area contributed by atoms with Crippen molar-refractivity contribution in [1.29, 1.82) is 0 Å². The van der Waals surface area contributed by atoms with Gasteiger partial charge < -0.3 is 10.5 Å². The van der Waals surface area contributed by atoms with Crippen LogP contribution in [0.2, 0.25) is 10.2 Å². The van der Waals surface area contributed by atoms with Gasteiger partial charge in [-0.3, -0.25) is 0 Å². The highest BCUT2D eigenvalue weighted by molar-refractivity contribution is 6.32. The van der Waals surface area contributed by atoms with Gasteiger partial charge >= 0.3 is 0 Å². The van der Waals surface area contributed by atoms with E-state index in [4.69, 9.17) is 33.7 Å². The van der Waals surface area contributed by atoms with E-state index >= 15 is 0 Å². The van der Waals surface area contributed by atoms with Gasteiger partial charge in [-0.25, -0.2) is 4.98 Å². The second kappa shape index (κ2) is 4.55. The highest BCUT2D eigenvalue weighted by Crippen LogP contribution is 2.29. The van der Waals surface area contributed by atoms with E-state index in [9.17, 15) is 0 Å².